The maximum Gasteiger partial charge on any atom is 0.236 e. The summed E-state index contributed by atoms with van der Waals surface area (Å²) in [5.74, 6) is 5.45. The lowest BCUT2D eigenvalue weighted by atomic mass is 10.1. The van der Waals surface area contributed by atoms with Crippen LogP contribution in [-0.4, -0.2) is 10.4 Å². The van der Waals surface area contributed by atoms with E-state index in [1.54, 1.807) is 29.7 Å². The number of benzene rings is 1. The second-order valence-electron chi connectivity index (χ2n) is 4.58. The summed E-state index contributed by atoms with van der Waals surface area (Å²) in [7, 11) is 0. The first-order chi connectivity index (χ1) is 10.8. The molecule has 3 heteroatoms. The highest BCUT2D eigenvalue weighted by Crippen LogP contribution is 2.26. The molecule has 0 saturated carbocycles. The Hall–Kier alpha value is -2.83. The minimum absolute atomic E-state index is 0.185. The summed E-state index contributed by atoms with van der Waals surface area (Å²) in [4.78, 5) is 13.2. The van der Waals surface area contributed by atoms with Crippen molar-refractivity contribution in [3.63, 3.8) is 0 Å². The summed E-state index contributed by atoms with van der Waals surface area (Å²) < 4.78 is 1.90. The second kappa shape index (κ2) is 6.30. The molecule has 0 aliphatic rings. The van der Waals surface area contributed by atoms with Crippen LogP contribution in [0.4, 0.5) is 0 Å². The predicted octanol–water partition coefficient (Wildman–Crippen LogP) is 4.55. The zero-order valence-corrected chi connectivity index (χ0v) is 12.6. The van der Waals surface area contributed by atoms with E-state index >= 15 is 0 Å². The maximum atomic E-state index is 12.0. The van der Waals surface area contributed by atoms with Crippen molar-refractivity contribution < 1.29 is 4.79 Å². The molecule has 2 heterocycles. The third kappa shape index (κ3) is 2.78. The highest BCUT2D eigenvalue weighted by atomic mass is 32.1. The van der Waals surface area contributed by atoms with Gasteiger partial charge in [-0.05, 0) is 35.4 Å². The van der Waals surface area contributed by atoms with Crippen molar-refractivity contribution in [2.24, 2.45) is 0 Å². The molecule has 3 aromatic rings. The van der Waals surface area contributed by atoms with Gasteiger partial charge < -0.3 is 4.57 Å². The van der Waals surface area contributed by atoms with Crippen molar-refractivity contribution in [1.82, 2.24) is 4.57 Å². The number of thiophene rings is 1. The molecule has 2 nitrogen and oxygen atoms in total. The van der Waals surface area contributed by atoms with E-state index in [-0.39, 0.29) is 5.78 Å². The molecule has 0 saturated heterocycles. The Morgan fingerprint density at radius 3 is 2.59 bits per heavy atom. The van der Waals surface area contributed by atoms with Crippen LogP contribution in [0.5, 0.6) is 0 Å². The van der Waals surface area contributed by atoms with E-state index in [0.29, 0.717) is 5.56 Å². The fraction of sp³-hybridized carbons (Fsp3) is 0. The largest absolute Gasteiger partial charge is 0.309 e. The van der Waals surface area contributed by atoms with Crippen molar-refractivity contribution in [2.45, 2.75) is 0 Å². The van der Waals surface area contributed by atoms with Gasteiger partial charge in [-0.3, -0.25) is 4.79 Å². The van der Waals surface area contributed by atoms with Crippen LogP contribution < -0.4 is 0 Å². The summed E-state index contributed by atoms with van der Waals surface area (Å²) in [6.07, 6.45) is 1.71. The van der Waals surface area contributed by atoms with Gasteiger partial charge >= 0.3 is 0 Å². The molecular weight excluding hydrogens is 290 g/mol. The number of rotatable bonds is 3. The van der Waals surface area contributed by atoms with Crippen LogP contribution >= 0.6 is 11.3 Å². The lowest BCUT2D eigenvalue weighted by Gasteiger charge is -2.02. The second-order valence-corrected chi connectivity index (χ2v) is 5.53. The quantitative estimate of drug-likeness (QED) is 0.514. The smallest absolute Gasteiger partial charge is 0.236 e. The van der Waals surface area contributed by atoms with Crippen LogP contribution in [0, 0.1) is 11.8 Å². The molecule has 0 spiro atoms. The van der Waals surface area contributed by atoms with Crippen LogP contribution in [0.1, 0.15) is 16.1 Å². The zero-order valence-electron chi connectivity index (χ0n) is 11.8. The summed E-state index contributed by atoms with van der Waals surface area (Å²) in [6, 6.07) is 17.0. The maximum absolute atomic E-state index is 12.0. The Kier molecular flexibility index (Phi) is 4.04. The number of aromatic nitrogens is 1. The minimum Gasteiger partial charge on any atom is -0.309 e. The van der Waals surface area contributed by atoms with Crippen molar-refractivity contribution in [2.75, 3.05) is 0 Å². The number of ketones is 1. The Labute approximate surface area is 133 Å². The van der Waals surface area contributed by atoms with Gasteiger partial charge in [-0.25, -0.2) is 0 Å². The van der Waals surface area contributed by atoms with Gasteiger partial charge in [0, 0.05) is 11.8 Å². The third-order valence-electron chi connectivity index (χ3n) is 3.21. The van der Waals surface area contributed by atoms with Gasteiger partial charge in [-0.2, -0.15) is 0 Å². The van der Waals surface area contributed by atoms with Crippen LogP contribution in [0.25, 0.3) is 16.8 Å². The summed E-state index contributed by atoms with van der Waals surface area (Å²) >= 11 is 1.66. The number of hydrogen-bond donors (Lipinski definition) is 0. The molecule has 0 fully saturated rings. The average molecular weight is 303 g/mol. The molecule has 0 amide bonds. The summed E-state index contributed by atoms with van der Waals surface area (Å²) in [5.41, 5.74) is 2.38. The molecule has 1 aromatic carbocycles. The van der Waals surface area contributed by atoms with Gasteiger partial charge in [0.15, 0.2) is 0 Å². The number of carbonyl (C=O) groups excluding carboxylic acids is 1. The molecule has 0 aliphatic carbocycles. The Morgan fingerprint density at radius 2 is 1.91 bits per heavy atom. The molecule has 22 heavy (non-hydrogen) atoms. The zero-order chi connectivity index (χ0) is 15.4. The van der Waals surface area contributed by atoms with Gasteiger partial charge in [0.05, 0.1) is 16.3 Å². The van der Waals surface area contributed by atoms with Gasteiger partial charge in [0.1, 0.15) is 0 Å². The fourth-order valence-electron chi connectivity index (χ4n) is 2.15. The van der Waals surface area contributed by atoms with Crippen molar-refractivity contribution in [3.05, 3.63) is 77.8 Å². The van der Waals surface area contributed by atoms with Gasteiger partial charge in [-0.1, -0.05) is 43.0 Å². The number of hydrogen-bond acceptors (Lipinski definition) is 2. The van der Waals surface area contributed by atoms with E-state index in [0.717, 1.165) is 16.3 Å². The lowest BCUT2D eigenvalue weighted by Crippen LogP contribution is -1.96. The minimum atomic E-state index is -0.185. The molecule has 0 bridgehead atoms. The van der Waals surface area contributed by atoms with Crippen molar-refractivity contribution >= 4 is 23.3 Å². The number of carbonyl (C=O) groups is 1. The van der Waals surface area contributed by atoms with E-state index in [1.165, 1.54) is 0 Å². The van der Waals surface area contributed by atoms with E-state index in [1.807, 2.05) is 52.4 Å². The normalized spacial score (nSPS) is 9.82. The van der Waals surface area contributed by atoms with E-state index < -0.39 is 0 Å². The molecule has 3 rings (SSSR count). The van der Waals surface area contributed by atoms with Crippen molar-refractivity contribution in [1.29, 1.82) is 0 Å². The van der Waals surface area contributed by atoms with Gasteiger partial charge in [0.2, 0.25) is 5.78 Å². The first kappa shape index (κ1) is 14.1. The molecular formula is C19H13NOS. The van der Waals surface area contributed by atoms with Crippen LogP contribution in [-0.2, 0) is 0 Å². The molecule has 0 unspecified atom stereocenters. The van der Waals surface area contributed by atoms with Crippen LogP contribution in [0.15, 0.2) is 66.6 Å². The van der Waals surface area contributed by atoms with Crippen LogP contribution in [0.3, 0.4) is 0 Å². The predicted molar refractivity (Wildman–Crippen MR) is 91.8 cm³/mol. The van der Waals surface area contributed by atoms with E-state index in [9.17, 15) is 4.79 Å². The molecule has 0 radical (unpaired) electrons. The SMILES string of the molecule is C=Cn1c(C#CC(=O)c2ccccc2)ccc1-c1cccs1. The molecule has 2 aromatic heterocycles. The monoisotopic (exact) mass is 303 g/mol. The van der Waals surface area contributed by atoms with Gasteiger partial charge in [-0.15, -0.1) is 11.3 Å². The number of nitrogens with zero attached hydrogens (tertiary/aromatic N) is 1. The topological polar surface area (TPSA) is 22.0 Å². The molecule has 0 N–H and O–H groups in total. The van der Waals surface area contributed by atoms with E-state index in [2.05, 4.69) is 18.4 Å². The molecule has 0 aliphatic heterocycles. The van der Waals surface area contributed by atoms with Crippen molar-refractivity contribution in [3.8, 4) is 22.4 Å². The average Bonchev–Trinajstić information content (AvgIpc) is 3.22. The third-order valence-corrected chi connectivity index (χ3v) is 4.11. The summed E-state index contributed by atoms with van der Waals surface area (Å²) in [6.45, 7) is 3.83. The first-order valence-corrected chi connectivity index (χ1v) is 7.66. The Bertz CT molecular complexity index is 861. The standard InChI is InChI=1S/C19H13NOS/c1-2-20-16(10-12-17(20)19-9-6-14-22-19)11-13-18(21)15-7-4-3-5-8-15/h2-10,12,14H,1H2. The van der Waals surface area contributed by atoms with Crippen LogP contribution in [0.2, 0.25) is 0 Å². The highest BCUT2D eigenvalue weighted by Gasteiger charge is 2.07. The van der Waals surface area contributed by atoms with Gasteiger partial charge in [0.25, 0.3) is 0 Å². The fourth-order valence-corrected chi connectivity index (χ4v) is 2.90. The number of Topliss-reactive ketones (excluding diaryl/α,β-unsaturated/α-hetero) is 1. The molecule has 106 valence electrons. The van der Waals surface area contributed by atoms with E-state index in [4.69, 9.17) is 0 Å². The Morgan fingerprint density at radius 1 is 1.09 bits per heavy atom. The Balaban J connectivity index is 1.93. The summed E-state index contributed by atoms with van der Waals surface area (Å²) in [5, 5.41) is 2.03. The molecule has 0 atom stereocenters. The first-order valence-electron chi connectivity index (χ1n) is 6.78. The lowest BCUT2D eigenvalue weighted by molar-refractivity contribution is 0.105. The highest BCUT2D eigenvalue weighted by molar-refractivity contribution is 7.13.